The molecule has 0 aromatic heterocycles. The zero-order chi connectivity index (χ0) is 16.8. The van der Waals surface area contributed by atoms with Gasteiger partial charge in [-0.2, -0.15) is 0 Å². The van der Waals surface area contributed by atoms with Gasteiger partial charge in [0.05, 0.1) is 6.10 Å². The Hall–Kier alpha value is -2.42. The van der Waals surface area contributed by atoms with Crippen molar-refractivity contribution >= 4 is 0 Å². The van der Waals surface area contributed by atoms with Crippen LogP contribution < -0.4 is 0 Å². The Kier molecular flexibility index (Phi) is 5.42. The third-order valence-corrected chi connectivity index (χ3v) is 4.18. The lowest BCUT2D eigenvalue weighted by atomic mass is 10.0. The molecule has 0 bridgehead atoms. The van der Waals surface area contributed by atoms with E-state index in [9.17, 15) is 5.11 Å². The zero-order valence-electron chi connectivity index (χ0n) is 14.0. The average molecular weight is 317 g/mol. The van der Waals surface area contributed by atoms with Crippen molar-refractivity contribution in [3.05, 3.63) is 96.1 Å². The number of hydrogen-bond acceptors (Lipinski definition) is 2. The Morgan fingerprint density at radius 1 is 0.750 bits per heavy atom. The van der Waals surface area contributed by atoms with Crippen molar-refractivity contribution in [1.82, 2.24) is 4.90 Å². The molecule has 1 atom stereocenters. The van der Waals surface area contributed by atoms with Crippen LogP contribution in [0.25, 0.3) is 11.1 Å². The first kappa shape index (κ1) is 16.4. The van der Waals surface area contributed by atoms with Crippen LogP contribution in [0.4, 0.5) is 0 Å². The van der Waals surface area contributed by atoms with E-state index in [-0.39, 0.29) is 0 Å². The molecular weight excluding hydrogens is 294 g/mol. The van der Waals surface area contributed by atoms with Gasteiger partial charge in [-0.25, -0.2) is 0 Å². The summed E-state index contributed by atoms with van der Waals surface area (Å²) in [5.41, 5.74) is 4.67. The minimum Gasteiger partial charge on any atom is -0.387 e. The smallest absolute Gasteiger partial charge is 0.0916 e. The topological polar surface area (TPSA) is 23.5 Å². The highest BCUT2D eigenvalue weighted by Crippen LogP contribution is 2.20. The van der Waals surface area contributed by atoms with Gasteiger partial charge in [-0.15, -0.1) is 0 Å². The predicted molar refractivity (Wildman–Crippen MR) is 99.6 cm³/mol. The van der Waals surface area contributed by atoms with Gasteiger partial charge in [-0.3, -0.25) is 4.90 Å². The Morgan fingerprint density at radius 3 is 1.92 bits per heavy atom. The van der Waals surface area contributed by atoms with E-state index >= 15 is 0 Å². The normalized spacial score (nSPS) is 12.3. The first-order valence-electron chi connectivity index (χ1n) is 8.28. The van der Waals surface area contributed by atoms with Gasteiger partial charge >= 0.3 is 0 Å². The standard InChI is InChI=1S/C22H23NO/c1-23(17-22(24)21-10-6-3-7-11-21)16-18-12-14-20(15-13-18)19-8-4-2-5-9-19/h2-15,22,24H,16-17H2,1H3. The number of rotatable bonds is 6. The highest BCUT2D eigenvalue weighted by Gasteiger charge is 2.10. The molecule has 0 fully saturated rings. The van der Waals surface area contributed by atoms with Crippen LogP contribution in [0.3, 0.4) is 0 Å². The Morgan fingerprint density at radius 2 is 1.29 bits per heavy atom. The van der Waals surface area contributed by atoms with Gasteiger partial charge in [0.1, 0.15) is 0 Å². The Labute approximate surface area is 144 Å². The first-order chi connectivity index (χ1) is 11.7. The second kappa shape index (κ2) is 7.91. The second-order valence-electron chi connectivity index (χ2n) is 6.19. The molecule has 0 amide bonds. The molecule has 122 valence electrons. The van der Waals surface area contributed by atoms with Gasteiger partial charge in [-0.1, -0.05) is 84.9 Å². The molecule has 0 saturated carbocycles. The van der Waals surface area contributed by atoms with Crippen molar-refractivity contribution in [3.8, 4) is 11.1 Å². The third kappa shape index (κ3) is 4.31. The summed E-state index contributed by atoms with van der Waals surface area (Å²) in [5, 5.41) is 10.3. The van der Waals surface area contributed by atoms with E-state index in [2.05, 4.69) is 53.4 Å². The Bertz CT molecular complexity index is 738. The fraction of sp³-hybridized carbons (Fsp3) is 0.182. The molecule has 1 unspecified atom stereocenters. The van der Waals surface area contributed by atoms with E-state index in [0.717, 1.165) is 12.1 Å². The maximum atomic E-state index is 10.3. The van der Waals surface area contributed by atoms with E-state index in [1.165, 1.54) is 16.7 Å². The van der Waals surface area contributed by atoms with E-state index < -0.39 is 6.10 Å². The summed E-state index contributed by atoms with van der Waals surface area (Å²) in [5.74, 6) is 0. The van der Waals surface area contributed by atoms with Crippen LogP contribution in [-0.4, -0.2) is 23.6 Å². The van der Waals surface area contributed by atoms with Gasteiger partial charge in [0.2, 0.25) is 0 Å². The molecule has 1 N–H and O–H groups in total. The number of likely N-dealkylation sites (N-methyl/N-ethyl adjacent to an activating group) is 1. The van der Waals surface area contributed by atoms with Crippen LogP contribution in [0.15, 0.2) is 84.9 Å². The SMILES string of the molecule is CN(Cc1ccc(-c2ccccc2)cc1)CC(O)c1ccccc1. The maximum absolute atomic E-state index is 10.3. The minimum absolute atomic E-state index is 0.459. The van der Waals surface area contributed by atoms with Crippen molar-refractivity contribution in [3.63, 3.8) is 0 Å². The largest absolute Gasteiger partial charge is 0.387 e. The third-order valence-electron chi connectivity index (χ3n) is 4.18. The lowest BCUT2D eigenvalue weighted by Gasteiger charge is -2.21. The summed E-state index contributed by atoms with van der Waals surface area (Å²) in [4.78, 5) is 2.15. The van der Waals surface area contributed by atoms with Crippen molar-refractivity contribution in [2.75, 3.05) is 13.6 Å². The average Bonchev–Trinajstić information content (AvgIpc) is 2.64. The van der Waals surface area contributed by atoms with E-state index in [1.807, 2.05) is 43.4 Å². The summed E-state index contributed by atoms with van der Waals surface area (Å²) in [6.45, 7) is 1.43. The van der Waals surface area contributed by atoms with E-state index in [1.54, 1.807) is 0 Å². The van der Waals surface area contributed by atoms with Gasteiger partial charge < -0.3 is 5.11 Å². The predicted octanol–water partition coefficient (Wildman–Crippen LogP) is 4.52. The summed E-state index contributed by atoms with van der Waals surface area (Å²) < 4.78 is 0. The van der Waals surface area contributed by atoms with Crippen LogP contribution in [0.2, 0.25) is 0 Å². The summed E-state index contributed by atoms with van der Waals surface area (Å²) >= 11 is 0. The number of aliphatic hydroxyl groups excluding tert-OH is 1. The van der Waals surface area contributed by atoms with Crippen LogP contribution in [-0.2, 0) is 6.54 Å². The van der Waals surface area contributed by atoms with Crippen LogP contribution in [0, 0.1) is 0 Å². The molecule has 3 aromatic carbocycles. The number of benzene rings is 3. The fourth-order valence-corrected chi connectivity index (χ4v) is 2.89. The van der Waals surface area contributed by atoms with Gasteiger partial charge in [0, 0.05) is 13.1 Å². The van der Waals surface area contributed by atoms with Crippen molar-refractivity contribution < 1.29 is 5.11 Å². The summed E-state index contributed by atoms with van der Waals surface area (Å²) in [6, 6.07) is 28.8. The monoisotopic (exact) mass is 317 g/mol. The minimum atomic E-state index is -0.459. The molecule has 2 heteroatoms. The molecule has 0 aliphatic heterocycles. The van der Waals surface area contributed by atoms with E-state index in [4.69, 9.17) is 0 Å². The number of nitrogens with zero attached hydrogens (tertiary/aromatic N) is 1. The summed E-state index contributed by atoms with van der Waals surface area (Å²) in [6.07, 6.45) is -0.459. The fourth-order valence-electron chi connectivity index (χ4n) is 2.89. The highest BCUT2D eigenvalue weighted by atomic mass is 16.3. The molecule has 0 heterocycles. The highest BCUT2D eigenvalue weighted by molar-refractivity contribution is 5.63. The molecule has 0 aliphatic rings. The molecule has 24 heavy (non-hydrogen) atoms. The van der Waals surface area contributed by atoms with Crippen molar-refractivity contribution in [1.29, 1.82) is 0 Å². The first-order valence-corrected chi connectivity index (χ1v) is 8.28. The van der Waals surface area contributed by atoms with E-state index in [0.29, 0.717) is 6.54 Å². The van der Waals surface area contributed by atoms with Crippen LogP contribution >= 0.6 is 0 Å². The van der Waals surface area contributed by atoms with Crippen LogP contribution in [0.1, 0.15) is 17.2 Å². The van der Waals surface area contributed by atoms with Crippen molar-refractivity contribution in [2.45, 2.75) is 12.6 Å². The molecule has 3 aromatic rings. The number of aliphatic hydroxyl groups is 1. The Balaban J connectivity index is 1.59. The van der Waals surface area contributed by atoms with Gasteiger partial charge in [-0.05, 0) is 29.3 Å². The summed E-state index contributed by atoms with van der Waals surface area (Å²) in [7, 11) is 2.04. The second-order valence-corrected chi connectivity index (χ2v) is 6.19. The molecular formula is C22H23NO. The number of hydrogen-bond donors (Lipinski definition) is 1. The molecule has 0 saturated heterocycles. The van der Waals surface area contributed by atoms with Crippen molar-refractivity contribution in [2.24, 2.45) is 0 Å². The van der Waals surface area contributed by atoms with Crippen LogP contribution in [0.5, 0.6) is 0 Å². The van der Waals surface area contributed by atoms with Gasteiger partial charge in [0.15, 0.2) is 0 Å². The zero-order valence-corrected chi connectivity index (χ0v) is 14.0. The van der Waals surface area contributed by atoms with Gasteiger partial charge in [0.25, 0.3) is 0 Å². The molecule has 0 aliphatic carbocycles. The molecule has 3 rings (SSSR count). The maximum Gasteiger partial charge on any atom is 0.0916 e. The molecule has 2 nitrogen and oxygen atoms in total. The molecule has 0 spiro atoms. The lowest BCUT2D eigenvalue weighted by Crippen LogP contribution is -2.24. The lowest BCUT2D eigenvalue weighted by molar-refractivity contribution is 0.124. The quantitative estimate of drug-likeness (QED) is 0.722. The molecule has 0 radical (unpaired) electrons.